The first-order chi connectivity index (χ1) is 8.38. The van der Waals surface area contributed by atoms with Gasteiger partial charge in [-0.15, -0.1) is 13.2 Å². The number of hydrogen-bond acceptors (Lipinski definition) is 4. The van der Waals surface area contributed by atoms with E-state index < -0.39 is 6.23 Å². The summed E-state index contributed by atoms with van der Waals surface area (Å²) in [5.41, 5.74) is 5.37. The second-order valence-electron chi connectivity index (χ2n) is 5.43. The molecular formula is C14H28N2O2. The van der Waals surface area contributed by atoms with E-state index in [1.807, 2.05) is 12.2 Å². The third-order valence-electron chi connectivity index (χ3n) is 3.13. The van der Waals surface area contributed by atoms with Gasteiger partial charge < -0.3 is 15.9 Å². The zero-order valence-corrected chi connectivity index (χ0v) is 11.6. The molecule has 0 aromatic carbocycles. The van der Waals surface area contributed by atoms with Crippen molar-refractivity contribution in [3.63, 3.8) is 0 Å². The molecule has 0 aliphatic rings. The molecule has 5 N–H and O–H groups in total. The molecule has 0 aliphatic heterocycles. The third-order valence-corrected chi connectivity index (χ3v) is 3.13. The minimum Gasteiger partial charge on any atom is -0.395 e. The van der Waals surface area contributed by atoms with E-state index in [2.05, 4.69) is 32.3 Å². The first kappa shape index (κ1) is 17.3. The Morgan fingerprint density at radius 3 is 2.39 bits per heavy atom. The molecule has 0 bridgehead atoms. The number of aliphatic hydroxyl groups is 2. The fourth-order valence-corrected chi connectivity index (χ4v) is 1.92. The Morgan fingerprint density at radius 1 is 1.39 bits per heavy atom. The van der Waals surface area contributed by atoms with E-state index in [9.17, 15) is 10.2 Å². The fourth-order valence-electron chi connectivity index (χ4n) is 1.92. The van der Waals surface area contributed by atoms with Gasteiger partial charge in [0.2, 0.25) is 0 Å². The average Bonchev–Trinajstić information content (AvgIpc) is 2.36. The number of nitrogens with two attached hydrogens (primary N) is 1. The molecule has 0 spiro atoms. The van der Waals surface area contributed by atoms with Crippen molar-refractivity contribution in [3.05, 3.63) is 25.3 Å². The Hall–Kier alpha value is -0.680. The summed E-state index contributed by atoms with van der Waals surface area (Å²) in [5, 5.41) is 21.6. The molecule has 0 saturated heterocycles. The van der Waals surface area contributed by atoms with Crippen LogP contribution in [0.4, 0.5) is 0 Å². The van der Waals surface area contributed by atoms with Crippen LogP contribution in [0.25, 0.3) is 0 Å². The maximum absolute atomic E-state index is 9.43. The molecule has 0 amide bonds. The normalized spacial score (nSPS) is 16.9. The van der Waals surface area contributed by atoms with Crippen molar-refractivity contribution in [2.24, 2.45) is 17.1 Å². The number of aliphatic hydroxyl groups excluding tert-OH is 2. The van der Waals surface area contributed by atoms with Crippen LogP contribution in [0.5, 0.6) is 0 Å². The van der Waals surface area contributed by atoms with Crippen molar-refractivity contribution in [2.75, 3.05) is 13.2 Å². The van der Waals surface area contributed by atoms with E-state index in [1.165, 1.54) is 0 Å². The number of allylic oxidation sites excluding steroid dienone is 2. The number of nitrogens with one attached hydrogen (secondary N) is 1. The fraction of sp³-hybridized carbons (Fsp3) is 0.714. The lowest BCUT2D eigenvalue weighted by Crippen LogP contribution is -2.45. The van der Waals surface area contributed by atoms with Crippen molar-refractivity contribution >= 4 is 0 Å². The second-order valence-corrected chi connectivity index (χ2v) is 5.43. The van der Waals surface area contributed by atoms with Crippen LogP contribution in [-0.2, 0) is 0 Å². The topological polar surface area (TPSA) is 78.5 Å². The van der Waals surface area contributed by atoms with Gasteiger partial charge in [0.1, 0.15) is 6.23 Å². The molecule has 0 rings (SSSR count). The highest BCUT2D eigenvalue weighted by Crippen LogP contribution is 2.29. The molecule has 0 aromatic rings. The lowest BCUT2D eigenvalue weighted by atomic mass is 9.80. The minimum absolute atomic E-state index is 0.0318. The molecule has 0 radical (unpaired) electrons. The van der Waals surface area contributed by atoms with Crippen LogP contribution >= 0.6 is 0 Å². The number of hydrogen-bond donors (Lipinski definition) is 4. The van der Waals surface area contributed by atoms with Gasteiger partial charge in [-0.05, 0) is 24.2 Å². The lowest BCUT2D eigenvalue weighted by Gasteiger charge is -2.28. The van der Waals surface area contributed by atoms with Crippen molar-refractivity contribution in [1.82, 2.24) is 5.32 Å². The monoisotopic (exact) mass is 256 g/mol. The lowest BCUT2D eigenvalue weighted by molar-refractivity contribution is 0.102. The van der Waals surface area contributed by atoms with E-state index >= 15 is 0 Å². The van der Waals surface area contributed by atoms with Crippen LogP contribution in [0.3, 0.4) is 0 Å². The first-order valence-electron chi connectivity index (χ1n) is 6.39. The standard InChI is InChI=1S/C14H28N2O2/c1-5-11(8-14(3,4)6-2)7-12(10-17)16-13(18)9-15/h5-6,11-13,16-18H,1-2,7-10,15H2,3-4H3/t11?,12-,13?/m0/s1. The van der Waals surface area contributed by atoms with Crippen LogP contribution in [0.1, 0.15) is 26.7 Å². The summed E-state index contributed by atoms with van der Waals surface area (Å²) in [5.74, 6) is 0.257. The predicted octanol–water partition coefficient (Wildman–Crippen LogP) is 1.01. The quantitative estimate of drug-likeness (QED) is 0.347. The summed E-state index contributed by atoms with van der Waals surface area (Å²) in [4.78, 5) is 0. The van der Waals surface area contributed by atoms with Gasteiger partial charge in [-0.25, -0.2) is 0 Å². The molecule has 4 heteroatoms. The largest absolute Gasteiger partial charge is 0.395 e. The Labute approximate surface area is 111 Å². The predicted molar refractivity (Wildman–Crippen MR) is 76.0 cm³/mol. The van der Waals surface area contributed by atoms with Gasteiger partial charge in [0.05, 0.1) is 6.61 Å². The molecule has 106 valence electrons. The highest BCUT2D eigenvalue weighted by molar-refractivity contribution is 4.94. The van der Waals surface area contributed by atoms with Gasteiger partial charge in [-0.1, -0.05) is 26.0 Å². The molecule has 0 heterocycles. The van der Waals surface area contributed by atoms with Gasteiger partial charge in [0.25, 0.3) is 0 Å². The Bertz CT molecular complexity index is 254. The van der Waals surface area contributed by atoms with Crippen LogP contribution < -0.4 is 11.1 Å². The summed E-state index contributed by atoms with van der Waals surface area (Å²) >= 11 is 0. The molecule has 4 nitrogen and oxygen atoms in total. The van der Waals surface area contributed by atoms with Crippen molar-refractivity contribution in [1.29, 1.82) is 0 Å². The van der Waals surface area contributed by atoms with Crippen molar-refractivity contribution in [2.45, 2.75) is 39.0 Å². The summed E-state index contributed by atoms with van der Waals surface area (Å²) in [6.45, 7) is 12.0. The molecule has 0 fully saturated rings. The Kier molecular flexibility index (Phi) is 8.11. The van der Waals surface area contributed by atoms with E-state index in [4.69, 9.17) is 5.73 Å². The smallest absolute Gasteiger partial charge is 0.117 e. The number of rotatable bonds is 10. The average molecular weight is 256 g/mol. The van der Waals surface area contributed by atoms with Crippen LogP contribution in [0.2, 0.25) is 0 Å². The molecule has 3 atom stereocenters. The SMILES string of the molecule is C=CC(C[C@@H](CO)NC(O)CN)CC(C)(C)C=C. The maximum atomic E-state index is 9.43. The van der Waals surface area contributed by atoms with Gasteiger partial charge in [-0.2, -0.15) is 0 Å². The van der Waals surface area contributed by atoms with E-state index in [-0.39, 0.29) is 30.5 Å². The van der Waals surface area contributed by atoms with Gasteiger partial charge in [-0.3, -0.25) is 5.32 Å². The minimum atomic E-state index is -0.778. The van der Waals surface area contributed by atoms with Crippen LogP contribution in [0, 0.1) is 11.3 Å². The van der Waals surface area contributed by atoms with Crippen LogP contribution in [0.15, 0.2) is 25.3 Å². The summed E-state index contributed by atoms with van der Waals surface area (Å²) in [7, 11) is 0. The summed E-state index contributed by atoms with van der Waals surface area (Å²) in [6, 6.07) is -0.174. The van der Waals surface area contributed by atoms with Gasteiger partial charge >= 0.3 is 0 Å². The second kappa shape index (κ2) is 8.43. The summed E-state index contributed by atoms with van der Waals surface area (Å²) in [6.07, 6.45) is 4.68. The van der Waals surface area contributed by atoms with E-state index in [0.717, 1.165) is 6.42 Å². The molecule has 18 heavy (non-hydrogen) atoms. The molecule has 2 unspecified atom stereocenters. The molecular weight excluding hydrogens is 228 g/mol. The molecule has 0 aromatic heterocycles. The van der Waals surface area contributed by atoms with Crippen LogP contribution in [-0.4, -0.2) is 35.6 Å². The van der Waals surface area contributed by atoms with Gasteiger partial charge in [0, 0.05) is 12.6 Å². The first-order valence-corrected chi connectivity index (χ1v) is 6.39. The highest BCUT2D eigenvalue weighted by atomic mass is 16.3. The van der Waals surface area contributed by atoms with Crippen molar-refractivity contribution in [3.8, 4) is 0 Å². The van der Waals surface area contributed by atoms with E-state index in [1.54, 1.807) is 0 Å². The molecule has 0 saturated carbocycles. The zero-order valence-electron chi connectivity index (χ0n) is 11.6. The zero-order chi connectivity index (χ0) is 14.2. The maximum Gasteiger partial charge on any atom is 0.117 e. The van der Waals surface area contributed by atoms with Crippen molar-refractivity contribution < 1.29 is 10.2 Å². The third kappa shape index (κ3) is 6.91. The Balaban J connectivity index is 4.40. The molecule has 0 aliphatic carbocycles. The Morgan fingerprint density at radius 2 is 2.00 bits per heavy atom. The van der Waals surface area contributed by atoms with E-state index in [0.29, 0.717) is 6.42 Å². The summed E-state index contributed by atoms with van der Waals surface area (Å²) < 4.78 is 0. The van der Waals surface area contributed by atoms with Gasteiger partial charge in [0.15, 0.2) is 0 Å². The highest BCUT2D eigenvalue weighted by Gasteiger charge is 2.22.